The van der Waals surface area contributed by atoms with Gasteiger partial charge in [-0.05, 0) is 30.7 Å². The molecule has 120 valence electrons. The zero-order valence-corrected chi connectivity index (χ0v) is 13.1. The predicted octanol–water partition coefficient (Wildman–Crippen LogP) is 0.735. The maximum atomic E-state index is 11.7. The molecule has 0 radical (unpaired) electrons. The molecule has 2 saturated heterocycles. The van der Waals surface area contributed by atoms with E-state index in [1.54, 1.807) is 0 Å². The number of hydrogen-bond donors (Lipinski definition) is 3. The van der Waals surface area contributed by atoms with Crippen molar-refractivity contribution in [1.29, 1.82) is 0 Å². The average Bonchev–Trinajstić information content (AvgIpc) is 2.52. The Hall–Kier alpha value is -1.79. The number of rotatable bonds is 3. The third-order valence-electron chi connectivity index (χ3n) is 3.93. The third-order valence-corrected chi connectivity index (χ3v) is 3.93. The second-order valence-electron chi connectivity index (χ2n) is 5.43. The highest BCUT2D eigenvalue weighted by Gasteiger charge is 2.26. The van der Waals surface area contributed by atoms with E-state index in [4.69, 9.17) is 0 Å². The van der Waals surface area contributed by atoms with Gasteiger partial charge in [0, 0.05) is 44.0 Å². The zero-order valence-electron chi connectivity index (χ0n) is 12.3. The molecule has 7 heteroatoms. The number of amides is 2. The van der Waals surface area contributed by atoms with Crippen LogP contribution in [0.1, 0.15) is 12.8 Å². The Morgan fingerprint density at radius 3 is 2.41 bits per heavy atom. The SMILES string of the molecule is Cl.O=C1CCC(Nc2ccc(N3CCNCC3)cc2)C(=O)N1. The summed E-state index contributed by atoms with van der Waals surface area (Å²) >= 11 is 0. The molecular weight excluding hydrogens is 304 g/mol. The van der Waals surface area contributed by atoms with Crippen LogP contribution in [-0.4, -0.2) is 44.0 Å². The first-order valence-electron chi connectivity index (χ1n) is 7.38. The lowest BCUT2D eigenvalue weighted by molar-refractivity contribution is -0.133. The molecule has 6 nitrogen and oxygen atoms in total. The van der Waals surface area contributed by atoms with Gasteiger partial charge in [0.1, 0.15) is 6.04 Å². The summed E-state index contributed by atoms with van der Waals surface area (Å²) in [5.41, 5.74) is 2.11. The van der Waals surface area contributed by atoms with Gasteiger partial charge in [0.2, 0.25) is 11.8 Å². The number of carbonyl (C=O) groups excluding carboxylic acids is 2. The summed E-state index contributed by atoms with van der Waals surface area (Å²) in [5.74, 6) is -0.426. The van der Waals surface area contributed by atoms with Crippen LogP contribution in [0.15, 0.2) is 24.3 Å². The monoisotopic (exact) mass is 324 g/mol. The lowest BCUT2D eigenvalue weighted by Crippen LogP contribution is -2.47. The summed E-state index contributed by atoms with van der Waals surface area (Å²) in [6.07, 6.45) is 0.937. The van der Waals surface area contributed by atoms with Gasteiger partial charge < -0.3 is 15.5 Å². The Balaban J connectivity index is 0.00000176. The molecule has 22 heavy (non-hydrogen) atoms. The molecule has 0 aromatic heterocycles. The highest BCUT2D eigenvalue weighted by molar-refractivity contribution is 6.01. The second-order valence-corrected chi connectivity index (χ2v) is 5.43. The number of anilines is 2. The summed E-state index contributed by atoms with van der Waals surface area (Å²) in [6.45, 7) is 4.05. The molecule has 1 aromatic carbocycles. The number of piperazine rings is 1. The Labute approximate surface area is 136 Å². The number of benzene rings is 1. The summed E-state index contributed by atoms with van der Waals surface area (Å²) in [6, 6.07) is 7.79. The van der Waals surface area contributed by atoms with Gasteiger partial charge >= 0.3 is 0 Å². The number of piperidine rings is 1. The molecule has 2 aliphatic heterocycles. The minimum atomic E-state index is -0.326. The number of carbonyl (C=O) groups is 2. The fourth-order valence-electron chi connectivity index (χ4n) is 2.72. The molecule has 2 fully saturated rings. The van der Waals surface area contributed by atoms with Crippen molar-refractivity contribution in [3.63, 3.8) is 0 Å². The number of hydrogen-bond acceptors (Lipinski definition) is 5. The van der Waals surface area contributed by atoms with E-state index in [0.717, 1.165) is 31.9 Å². The minimum absolute atomic E-state index is 0. The van der Waals surface area contributed by atoms with Crippen molar-refractivity contribution in [1.82, 2.24) is 10.6 Å². The molecule has 2 amide bonds. The largest absolute Gasteiger partial charge is 0.374 e. The predicted molar refractivity (Wildman–Crippen MR) is 88.6 cm³/mol. The molecule has 0 aliphatic carbocycles. The number of nitrogens with zero attached hydrogens (tertiary/aromatic N) is 1. The van der Waals surface area contributed by atoms with Crippen molar-refractivity contribution in [2.75, 3.05) is 36.4 Å². The fraction of sp³-hybridized carbons (Fsp3) is 0.467. The van der Waals surface area contributed by atoms with Crippen molar-refractivity contribution in [3.05, 3.63) is 24.3 Å². The molecule has 1 atom stereocenters. The molecule has 0 spiro atoms. The van der Waals surface area contributed by atoms with Crippen LogP contribution < -0.4 is 20.9 Å². The van der Waals surface area contributed by atoms with Gasteiger partial charge in [0.15, 0.2) is 0 Å². The van der Waals surface area contributed by atoms with Gasteiger partial charge in [-0.2, -0.15) is 0 Å². The van der Waals surface area contributed by atoms with Gasteiger partial charge in [0.25, 0.3) is 0 Å². The van der Waals surface area contributed by atoms with E-state index in [0.29, 0.717) is 12.8 Å². The zero-order chi connectivity index (χ0) is 14.7. The van der Waals surface area contributed by atoms with Crippen molar-refractivity contribution in [2.45, 2.75) is 18.9 Å². The van der Waals surface area contributed by atoms with E-state index < -0.39 is 0 Å². The lowest BCUT2D eigenvalue weighted by Gasteiger charge is -2.29. The van der Waals surface area contributed by atoms with Crippen LogP contribution >= 0.6 is 12.4 Å². The molecule has 0 saturated carbocycles. The average molecular weight is 325 g/mol. The van der Waals surface area contributed by atoms with Crippen LogP contribution in [0.25, 0.3) is 0 Å². The van der Waals surface area contributed by atoms with Gasteiger partial charge in [-0.15, -0.1) is 12.4 Å². The highest BCUT2D eigenvalue weighted by atomic mass is 35.5. The third kappa shape index (κ3) is 3.90. The highest BCUT2D eigenvalue weighted by Crippen LogP contribution is 2.20. The van der Waals surface area contributed by atoms with E-state index in [2.05, 4.69) is 33.0 Å². The Kier molecular flexibility index (Phi) is 5.63. The maximum absolute atomic E-state index is 11.7. The van der Waals surface area contributed by atoms with E-state index in [9.17, 15) is 9.59 Å². The standard InChI is InChI=1S/C15H20N4O2.ClH/c20-14-6-5-13(15(21)18-14)17-11-1-3-12(4-2-11)19-9-7-16-8-10-19;/h1-4,13,16-17H,5-10H2,(H,18,20,21);1H. The van der Waals surface area contributed by atoms with Crippen LogP contribution in [0, 0.1) is 0 Å². The Bertz CT molecular complexity index is 529. The normalized spacial score (nSPS) is 21.8. The van der Waals surface area contributed by atoms with Crippen molar-refractivity contribution in [2.24, 2.45) is 0 Å². The van der Waals surface area contributed by atoms with Crippen molar-refractivity contribution < 1.29 is 9.59 Å². The second kappa shape index (κ2) is 7.47. The van der Waals surface area contributed by atoms with E-state index in [-0.39, 0.29) is 30.3 Å². The van der Waals surface area contributed by atoms with Crippen molar-refractivity contribution >= 4 is 35.6 Å². The molecule has 1 unspecified atom stereocenters. The fourth-order valence-corrected chi connectivity index (χ4v) is 2.72. The van der Waals surface area contributed by atoms with Crippen LogP contribution in [0.3, 0.4) is 0 Å². The molecule has 2 aliphatic rings. The first-order chi connectivity index (χ1) is 10.2. The molecule has 2 heterocycles. The number of imide groups is 1. The lowest BCUT2D eigenvalue weighted by atomic mass is 10.1. The number of halogens is 1. The molecule has 1 aromatic rings. The molecule has 0 bridgehead atoms. The minimum Gasteiger partial charge on any atom is -0.374 e. The first kappa shape index (κ1) is 16.6. The van der Waals surface area contributed by atoms with Crippen LogP contribution in [0.2, 0.25) is 0 Å². The topological polar surface area (TPSA) is 73.5 Å². The first-order valence-corrected chi connectivity index (χ1v) is 7.38. The van der Waals surface area contributed by atoms with Gasteiger partial charge in [-0.1, -0.05) is 0 Å². The van der Waals surface area contributed by atoms with Crippen LogP contribution in [0.4, 0.5) is 11.4 Å². The quantitative estimate of drug-likeness (QED) is 0.715. The summed E-state index contributed by atoms with van der Waals surface area (Å²) in [4.78, 5) is 25.2. The van der Waals surface area contributed by atoms with E-state index in [1.807, 2.05) is 12.1 Å². The van der Waals surface area contributed by atoms with Gasteiger partial charge in [-0.3, -0.25) is 14.9 Å². The Morgan fingerprint density at radius 1 is 1.09 bits per heavy atom. The van der Waals surface area contributed by atoms with Crippen LogP contribution in [0.5, 0.6) is 0 Å². The maximum Gasteiger partial charge on any atom is 0.249 e. The van der Waals surface area contributed by atoms with Crippen molar-refractivity contribution in [3.8, 4) is 0 Å². The van der Waals surface area contributed by atoms with Gasteiger partial charge in [0.05, 0.1) is 0 Å². The van der Waals surface area contributed by atoms with E-state index >= 15 is 0 Å². The molecular formula is C15H21ClN4O2. The summed E-state index contributed by atoms with van der Waals surface area (Å²) in [5, 5.41) is 8.88. The summed E-state index contributed by atoms with van der Waals surface area (Å²) < 4.78 is 0. The summed E-state index contributed by atoms with van der Waals surface area (Å²) in [7, 11) is 0. The molecule has 3 rings (SSSR count). The van der Waals surface area contributed by atoms with Gasteiger partial charge in [-0.25, -0.2) is 0 Å². The smallest absolute Gasteiger partial charge is 0.249 e. The number of nitrogens with one attached hydrogen (secondary N) is 3. The van der Waals surface area contributed by atoms with Crippen LogP contribution in [-0.2, 0) is 9.59 Å². The van der Waals surface area contributed by atoms with E-state index in [1.165, 1.54) is 5.69 Å². The Morgan fingerprint density at radius 2 is 1.77 bits per heavy atom. The molecule has 3 N–H and O–H groups in total.